The quantitative estimate of drug-likeness (QED) is 0.675. The van der Waals surface area contributed by atoms with E-state index in [1.807, 2.05) is 43.3 Å². The van der Waals surface area contributed by atoms with Crippen molar-refractivity contribution in [2.75, 3.05) is 19.1 Å². The number of carbonyl (C=O) groups excluding carboxylic acids is 1. The van der Waals surface area contributed by atoms with Gasteiger partial charge in [-0.15, -0.1) is 0 Å². The fourth-order valence-corrected chi connectivity index (χ4v) is 2.98. The third kappa shape index (κ3) is 3.34. The smallest absolute Gasteiger partial charge is 0.281 e. The first-order chi connectivity index (χ1) is 12.0. The number of benzene rings is 2. The minimum Gasteiger partial charge on any atom is -0.497 e. The second kappa shape index (κ2) is 6.94. The summed E-state index contributed by atoms with van der Waals surface area (Å²) in [6.45, 7) is 1.96. The second-order valence-corrected chi connectivity index (χ2v) is 5.95. The van der Waals surface area contributed by atoms with Crippen LogP contribution in [0.5, 0.6) is 11.5 Å². The van der Waals surface area contributed by atoms with Crippen LogP contribution in [-0.4, -0.2) is 25.2 Å². The first kappa shape index (κ1) is 17.0. The van der Waals surface area contributed by atoms with Gasteiger partial charge in [-0.05, 0) is 60.6 Å². The Hall–Kier alpha value is -2.86. The van der Waals surface area contributed by atoms with Crippen molar-refractivity contribution in [3.8, 4) is 11.5 Å². The molecule has 128 valence electrons. The van der Waals surface area contributed by atoms with Gasteiger partial charge in [0.2, 0.25) is 0 Å². The van der Waals surface area contributed by atoms with E-state index in [2.05, 4.69) is 5.32 Å². The van der Waals surface area contributed by atoms with E-state index in [-0.39, 0.29) is 5.91 Å². The van der Waals surface area contributed by atoms with Crippen LogP contribution in [-0.2, 0) is 4.79 Å². The Kier molecular flexibility index (Phi) is 4.72. The van der Waals surface area contributed by atoms with Crippen molar-refractivity contribution < 1.29 is 14.3 Å². The molecule has 25 heavy (non-hydrogen) atoms. The van der Waals surface area contributed by atoms with Crippen molar-refractivity contribution >= 4 is 35.0 Å². The summed E-state index contributed by atoms with van der Waals surface area (Å²) in [4.78, 5) is 14.2. The lowest BCUT2D eigenvalue weighted by molar-refractivity contribution is -0.113. The number of hydrogen-bond acceptors (Lipinski definition) is 4. The molecule has 0 spiro atoms. The van der Waals surface area contributed by atoms with E-state index in [1.165, 1.54) is 4.90 Å². The van der Waals surface area contributed by atoms with Gasteiger partial charge in [-0.25, -0.2) is 0 Å². The van der Waals surface area contributed by atoms with Crippen LogP contribution in [0, 0.1) is 6.92 Å². The predicted octanol–water partition coefficient (Wildman–Crippen LogP) is 3.27. The van der Waals surface area contributed by atoms with Crippen molar-refractivity contribution in [2.45, 2.75) is 6.92 Å². The van der Waals surface area contributed by atoms with Crippen LogP contribution >= 0.6 is 12.2 Å². The van der Waals surface area contributed by atoms with Gasteiger partial charge in [-0.1, -0.05) is 12.1 Å². The summed E-state index contributed by atoms with van der Waals surface area (Å²) in [6.07, 6.45) is 1.78. The molecular weight excluding hydrogens is 336 g/mol. The van der Waals surface area contributed by atoms with Crippen LogP contribution in [0.3, 0.4) is 0 Å². The van der Waals surface area contributed by atoms with Crippen molar-refractivity contribution in [3.05, 3.63) is 59.3 Å². The van der Waals surface area contributed by atoms with Crippen LogP contribution in [0.4, 0.5) is 5.69 Å². The van der Waals surface area contributed by atoms with Crippen molar-refractivity contribution in [2.24, 2.45) is 0 Å². The van der Waals surface area contributed by atoms with Gasteiger partial charge in [-0.3, -0.25) is 9.69 Å². The summed E-state index contributed by atoms with van der Waals surface area (Å²) >= 11 is 5.33. The zero-order valence-electron chi connectivity index (χ0n) is 14.2. The molecule has 0 aliphatic carbocycles. The van der Waals surface area contributed by atoms with Crippen molar-refractivity contribution in [3.63, 3.8) is 0 Å². The van der Waals surface area contributed by atoms with E-state index in [1.54, 1.807) is 26.4 Å². The van der Waals surface area contributed by atoms with Crippen LogP contribution in [0.2, 0.25) is 0 Å². The summed E-state index contributed by atoms with van der Waals surface area (Å²) < 4.78 is 10.5. The normalized spacial score (nSPS) is 15.5. The van der Waals surface area contributed by atoms with E-state index in [4.69, 9.17) is 21.7 Å². The highest BCUT2D eigenvalue weighted by molar-refractivity contribution is 7.80. The fraction of sp³-hybridized carbons (Fsp3) is 0.158. The third-order valence-corrected chi connectivity index (χ3v) is 4.20. The molecule has 1 heterocycles. The predicted molar refractivity (Wildman–Crippen MR) is 102 cm³/mol. The molecular formula is C19H18N2O3S. The first-order valence-electron chi connectivity index (χ1n) is 7.69. The molecule has 0 aromatic heterocycles. The maximum atomic E-state index is 12.8. The molecule has 0 atom stereocenters. The number of thiocarbonyl (C=S) groups is 1. The second-order valence-electron chi connectivity index (χ2n) is 5.56. The van der Waals surface area contributed by atoms with Gasteiger partial charge in [0.15, 0.2) is 5.11 Å². The van der Waals surface area contributed by atoms with E-state index >= 15 is 0 Å². The monoisotopic (exact) mass is 354 g/mol. The van der Waals surface area contributed by atoms with Crippen molar-refractivity contribution in [1.29, 1.82) is 0 Å². The van der Waals surface area contributed by atoms with Gasteiger partial charge in [-0.2, -0.15) is 0 Å². The molecule has 0 saturated carbocycles. The van der Waals surface area contributed by atoms with E-state index in [0.717, 1.165) is 16.9 Å². The number of rotatable bonds is 4. The zero-order valence-corrected chi connectivity index (χ0v) is 15.0. The Morgan fingerprint density at radius 1 is 1.12 bits per heavy atom. The number of ether oxygens (including phenoxy) is 2. The fourth-order valence-electron chi connectivity index (χ4n) is 2.68. The highest BCUT2D eigenvalue weighted by atomic mass is 32.1. The molecule has 0 unspecified atom stereocenters. The largest absolute Gasteiger partial charge is 0.497 e. The first-order valence-corrected chi connectivity index (χ1v) is 8.10. The molecule has 1 saturated heterocycles. The summed E-state index contributed by atoms with van der Waals surface area (Å²) in [5.74, 6) is 1.27. The Morgan fingerprint density at radius 2 is 1.92 bits per heavy atom. The van der Waals surface area contributed by atoms with E-state index in [9.17, 15) is 4.79 Å². The average Bonchev–Trinajstić information content (AvgIpc) is 2.88. The number of anilines is 1. The molecule has 0 radical (unpaired) electrons. The number of hydrogen-bond donors (Lipinski definition) is 1. The van der Waals surface area contributed by atoms with Crippen molar-refractivity contribution in [1.82, 2.24) is 5.32 Å². The minimum absolute atomic E-state index is 0.202. The highest BCUT2D eigenvalue weighted by Crippen LogP contribution is 2.26. The molecule has 1 amide bonds. The number of nitrogens with zero attached hydrogens (tertiary/aromatic N) is 1. The third-order valence-electron chi connectivity index (χ3n) is 3.92. The van der Waals surface area contributed by atoms with Crippen LogP contribution in [0.25, 0.3) is 6.08 Å². The molecule has 1 aliphatic rings. The standard InChI is InChI=1S/C19H18N2O3S/c1-12-9-13(7-8-17(12)24-3)10-16-18(22)21(19(25)20-16)14-5-4-6-15(11-14)23-2/h4-11H,1-3H3,(H,20,25)/b16-10+. The zero-order chi connectivity index (χ0) is 18.0. The Morgan fingerprint density at radius 3 is 2.60 bits per heavy atom. The molecule has 1 fully saturated rings. The maximum absolute atomic E-state index is 12.8. The lowest BCUT2D eigenvalue weighted by Crippen LogP contribution is -2.30. The number of amides is 1. The van der Waals surface area contributed by atoms with Gasteiger partial charge in [0.25, 0.3) is 5.91 Å². The molecule has 2 aromatic carbocycles. The number of carbonyl (C=O) groups is 1. The molecule has 5 nitrogen and oxygen atoms in total. The number of aryl methyl sites for hydroxylation is 1. The van der Waals surface area contributed by atoms with E-state index < -0.39 is 0 Å². The molecule has 6 heteroatoms. The van der Waals surface area contributed by atoms with Gasteiger partial charge in [0.1, 0.15) is 17.2 Å². The number of methoxy groups -OCH3 is 2. The summed E-state index contributed by atoms with van der Waals surface area (Å²) in [6, 6.07) is 12.9. The number of nitrogens with one attached hydrogen (secondary N) is 1. The summed E-state index contributed by atoms with van der Waals surface area (Å²) in [5, 5.41) is 3.33. The van der Waals surface area contributed by atoms with Gasteiger partial charge >= 0.3 is 0 Å². The van der Waals surface area contributed by atoms with Gasteiger partial charge < -0.3 is 14.8 Å². The van der Waals surface area contributed by atoms with Gasteiger partial charge in [0.05, 0.1) is 19.9 Å². The maximum Gasteiger partial charge on any atom is 0.281 e. The average molecular weight is 354 g/mol. The molecule has 0 bridgehead atoms. The lowest BCUT2D eigenvalue weighted by Gasteiger charge is -2.14. The molecule has 2 aromatic rings. The lowest BCUT2D eigenvalue weighted by atomic mass is 10.1. The molecule has 1 aliphatic heterocycles. The minimum atomic E-state index is -0.202. The Bertz CT molecular complexity index is 877. The van der Waals surface area contributed by atoms with E-state index in [0.29, 0.717) is 22.2 Å². The summed E-state index contributed by atoms with van der Waals surface area (Å²) in [5.41, 5.74) is 2.98. The SMILES string of the molecule is COc1cccc(N2C(=O)/C(=C\c3ccc(OC)c(C)c3)NC2=S)c1. The van der Waals surface area contributed by atoms with Crippen LogP contribution in [0.15, 0.2) is 48.2 Å². The molecule has 1 N–H and O–H groups in total. The molecule has 3 rings (SSSR count). The Balaban J connectivity index is 1.91. The van der Waals surface area contributed by atoms with Gasteiger partial charge in [0, 0.05) is 6.07 Å². The summed E-state index contributed by atoms with van der Waals surface area (Å²) in [7, 11) is 3.21. The topological polar surface area (TPSA) is 50.8 Å². The van der Waals surface area contributed by atoms with Crippen LogP contribution in [0.1, 0.15) is 11.1 Å². The highest BCUT2D eigenvalue weighted by Gasteiger charge is 2.32. The van der Waals surface area contributed by atoms with Crippen LogP contribution < -0.4 is 19.7 Å². The Labute approximate surface area is 151 Å².